The highest BCUT2D eigenvalue weighted by molar-refractivity contribution is 9.10. The van der Waals surface area contributed by atoms with Crippen molar-refractivity contribution in [3.8, 4) is 0 Å². The third kappa shape index (κ3) is 4.61. The lowest BCUT2D eigenvalue weighted by Crippen LogP contribution is -2.24. The first-order valence-corrected chi connectivity index (χ1v) is 10.2. The minimum absolute atomic E-state index is 0.164. The van der Waals surface area contributed by atoms with Crippen LogP contribution in [0.3, 0.4) is 0 Å². The largest absolute Gasteiger partial charge is 0.465 e. The molecule has 2 aromatic rings. The Morgan fingerprint density at radius 3 is 2.54 bits per heavy atom. The van der Waals surface area contributed by atoms with E-state index in [1.807, 2.05) is 13.8 Å². The van der Waals surface area contributed by atoms with Crippen molar-refractivity contribution in [3.05, 3.63) is 32.4 Å². The molecule has 0 aliphatic carbocycles. The number of hydrogen-bond donors (Lipinski definition) is 1. The molecular weight excluding hydrogens is 450 g/mol. The summed E-state index contributed by atoms with van der Waals surface area (Å²) in [6.45, 7) is 7.25. The number of ether oxygens (including phenoxy) is 2. The normalized spacial score (nSPS) is 11.8. The zero-order chi connectivity index (χ0) is 21.0. The van der Waals surface area contributed by atoms with E-state index in [0.29, 0.717) is 12.0 Å². The van der Waals surface area contributed by atoms with Crippen molar-refractivity contribution >= 4 is 50.1 Å². The first-order valence-electron chi connectivity index (χ1n) is 8.62. The maximum Gasteiger partial charge on any atom is 0.348 e. The van der Waals surface area contributed by atoms with E-state index in [-0.39, 0.29) is 28.0 Å². The molecule has 0 bridgehead atoms. The van der Waals surface area contributed by atoms with Gasteiger partial charge < -0.3 is 14.8 Å². The zero-order valence-corrected chi connectivity index (χ0v) is 18.7. The van der Waals surface area contributed by atoms with Gasteiger partial charge in [-0.25, -0.2) is 9.59 Å². The summed E-state index contributed by atoms with van der Waals surface area (Å²) in [6.07, 6.45) is 2.36. The van der Waals surface area contributed by atoms with E-state index >= 15 is 0 Å². The number of carbonyl (C=O) groups excluding carboxylic acids is 3. The second-order valence-electron chi connectivity index (χ2n) is 6.10. The molecule has 2 rings (SSSR count). The van der Waals surface area contributed by atoms with Crippen molar-refractivity contribution in [2.45, 2.75) is 40.2 Å². The number of thiophene rings is 1. The highest BCUT2D eigenvalue weighted by atomic mass is 79.9. The molecule has 0 fully saturated rings. The molecule has 1 N–H and O–H groups in total. The Labute approximate surface area is 175 Å². The van der Waals surface area contributed by atoms with Gasteiger partial charge in [-0.05, 0) is 48.7 Å². The molecule has 0 aromatic carbocycles. The summed E-state index contributed by atoms with van der Waals surface area (Å²) < 4.78 is 12.3. The number of methoxy groups -OCH3 is 1. The fraction of sp³-hybridized carbons (Fsp3) is 0.444. The van der Waals surface area contributed by atoms with Crippen LogP contribution in [0.25, 0.3) is 0 Å². The summed E-state index contributed by atoms with van der Waals surface area (Å²) in [5.74, 6) is -1.55. The highest BCUT2D eigenvalue weighted by Crippen LogP contribution is 2.34. The fourth-order valence-corrected chi connectivity index (χ4v) is 3.80. The number of rotatable bonds is 7. The van der Waals surface area contributed by atoms with E-state index in [4.69, 9.17) is 9.47 Å². The minimum Gasteiger partial charge on any atom is -0.465 e. The number of aryl methyl sites for hydroxylation is 1. The molecule has 0 aliphatic heterocycles. The average molecular weight is 472 g/mol. The van der Waals surface area contributed by atoms with E-state index in [2.05, 4.69) is 26.3 Å². The Morgan fingerprint density at radius 1 is 1.32 bits per heavy atom. The third-order valence-electron chi connectivity index (χ3n) is 4.03. The van der Waals surface area contributed by atoms with Gasteiger partial charge in [0.15, 0.2) is 0 Å². The van der Waals surface area contributed by atoms with E-state index in [9.17, 15) is 14.4 Å². The first-order chi connectivity index (χ1) is 13.2. The Hall–Kier alpha value is -2.20. The van der Waals surface area contributed by atoms with Crippen molar-refractivity contribution in [1.29, 1.82) is 0 Å². The van der Waals surface area contributed by atoms with Crippen LogP contribution in [0.5, 0.6) is 0 Å². The highest BCUT2D eigenvalue weighted by Gasteiger charge is 2.28. The van der Waals surface area contributed by atoms with Gasteiger partial charge in [-0.3, -0.25) is 9.48 Å². The summed E-state index contributed by atoms with van der Waals surface area (Å²) in [6, 6.07) is -0.631. The minimum atomic E-state index is -0.631. The first kappa shape index (κ1) is 22.1. The van der Waals surface area contributed by atoms with Crippen molar-refractivity contribution in [2.75, 3.05) is 19.0 Å². The van der Waals surface area contributed by atoms with Crippen LogP contribution in [0.4, 0.5) is 5.00 Å². The third-order valence-corrected chi connectivity index (χ3v) is 5.99. The van der Waals surface area contributed by atoms with Crippen LogP contribution >= 0.6 is 27.3 Å². The molecule has 0 aliphatic rings. The maximum absolute atomic E-state index is 12.7. The number of carbonyl (C=O) groups is 3. The Balaban J connectivity index is 2.35. The number of amides is 1. The predicted octanol–water partition coefficient (Wildman–Crippen LogP) is 3.88. The van der Waals surface area contributed by atoms with Crippen molar-refractivity contribution < 1.29 is 23.9 Å². The lowest BCUT2D eigenvalue weighted by molar-refractivity contribution is -0.119. The van der Waals surface area contributed by atoms with Crippen LogP contribution in [0.2, 0.25) is 0 Å². The van der Waals surface area contributed by atoms with Gasteiger partial charge in [0.25, 0.3) is 0 Å². The lowest BCUT2D eigenvalue weighted by atomic mass is 10.1. The monoisotopic (exact) mass is 471 g/mol. The van der Waals surface area contributed by atoms with Crippen LogP contribution in [0.1, 0.15) is 57.6 Å². The molecule has 8 nitrogen and oxygen atoms in total. The molecule has 2 heterocycles. The number of nitrogens with zero attached hydrogens (tertiary/aromatic N) is 2. The maximum atomic E-state index is 12.7. The fourth-order valence-electron chi connectivity index (χ4n) is 2.40. The molecule has 2 aromatic heterocycles. The molecule has 1 atom stereocenters. The lowest BCUT2D eigenvalue weighted by Gasteiger charge is -2.13. The number of anilines is 1. The molecule has 0 spiro atoms. The molecule has 0 radical (unpaired) electrons. The number of esters is 2. The summed E-state index contributed by atoms with van der Waals surface area (Å²) in [7, 11) is 1.26. The van der Waals surface area contributed by atoms with E-state index in [1.54, 1.807) is 20.0 Å². The molecule has 0 saturated carbocycles. The van der Waals surface area contributed by atoms with Crippen LogP contribution in [0, 0.1) is 13.8 Å². The van der Waals surface area contributed by atoms with Crippen LogP contribution in [-0.2, 0) is 14.3 Å². The summed E-state index contributed by atoms with van der Waals surface area (Å²) in [5.41, 5.74) is 1.33. The average Bonchev–Trinajstić information content (AvgIpc) is 3.17. The summed E-state index contributed by atoms with van der Waals surface area (Å²) in [5, 5.41) is 7.26. The van der Waals surface area contributed by atoms with Crippen LogP contribution in [-0.4, -0.2) is 41.3 Å². The van der Waals surface area contributed by atoms with Gasteiger partial charge >= 0.3 is 11.9 Å². The van der Waals surface area contributed by atoms with Crippen molar-refractivity contribution in [2.24, 2.45) is 0 Å². The van der Waals surface area contributed by atoms with Gasteiger partial charge in [0.1, 0.15) is 15.9 Å². The quantitative estimate of drug-likeness (QED) is 0.615. The standard InChI is InChI=1S/C18H22BrN3O5S/c1-6-7-27-17(24)13-9(2)14(18(25)26-5)28-16(13)20-15(23)11(4)22-8-12(19)10(3)21-22/h8,11H,6-7H2,1-5H3,(H,20,23). The van der Waals surface area contributed by atoms with Crippen molar-refractivity contribution in [3.63, 3.8) is 0 Å². The SMILES string of the molecule is CCCOC(=O)c1c(NC(=O)C(C)n2cc(Br)c(C)n2)sc(C(=O)OC)c1C. The van der Waals surface area contributed by atoms with Gasteiger partial charge in [-0.1, -0.05) is 6.92 Å². The molecule has 28 heavy (non-hydrogen) atoms. The number of nitrogens with one attached hydrogen (secondary N) is 1. The second kappa shape index (κ2) is 9.33. The van der Waals surface area contributed by atoms with E-state index in [0.717, 1.165) is 21.5 Å². The summed E-state index contributed by atoms with van der Waals surface area (Å²) >= 11 is 4.35. The zero-order valence-electron chi connectivity index (χ0n) is 16.3. The Bertz CT molecular complexity index is 886. The molecule has 1 amide bonds. The van der Waals surface area contributed by atoms with E-state index < -0.39 is 18.0 Å². The molecule has 10 heteroatoms. The van der Waals surface area contributed by atoms with Gasteiger partial charge in [0.05, 0.1) is 29.4 Å². The van der Waals surface area contributed by atoms with Gasteiger partial charge in [-0.15, -0.1) is 11.3 Å². The summed E-state index contributed by atoms with van der Waals surface area (Å²) in [4.78, 5) is 37.5. The van der Waals surface area contributed by atoms with Gasteiger partial charge in [0, 0.05) is 6.20 Å². The van der Waals surface area contributed by atoms with Crippen molar-refractivity contribution in [1.82, 2.24) is 9.78 Å². The van der Waals surface area contributed by atoms with Crippen LogP contribution in [0.15, 0.2) is 10.7 Å². The molecule has 152 valence electrons. The van der Waals surface area contributed by atoms with E-state index in [1.165, 1.54) is 11.8 Å². The van der Waals surface area contributed by atoms with Crippen LogP contribution < -0.4 is 5.32 Å². The number of aromatic nitrogens is 2. The smallest absolute Gasteiger partial charge is 0.348 e. The van der Waals surface area contributed by atoms with Gasteiger partial charge in [0.2, 0.25) is 5.91 Å². The van der Waals surface area contributed by atoms with Gasteiger partial charge in [-0.2, -0.15) is 5.10 Å². The molecule has 0 saturated heterocycles. The number of hydrogen-bond acceptors (Lipinski definition) is 7. The predicted molar refractivity (Wildman–Crippen MR) is 109 cm³/mol. The Morgan fingerprint density at radius 2 is 2.00 bits per heavy atom. The molecule has 1 unspecified atom stereocenters. The second-order valence-corrected chi connectivity index (χ2v) is 7.97. The topological polar surface area (TPSA) is 99.5 Å². The Kier molecular flexibility index (Phi) is 7.36. The molecular formula is C18H22BrN3O5S. The number of halogens is 1.